The number of hydrogen-bond acceptors (Lipinski definition) is 2. The lowest BCUT2D eigenvalue weighted by Crippen LogP contribution is -1.98. The fraction of sp³-hybridized carbons (Fsp3) is 0.222. The van der Waals surface area contributed by atoms with Gasteiger partial charge in [0.1, 0.15) is 5.82 Å². The molecule has 0 atom stereocenters. The molecule has 68 valence electrons. The highest BCUT2D eigenvalue weighted by Crippen LogP contribution is 2.22. The Balaban J connectivity index is 2.19. The van der Waals surface area contributed by atoms with E-state index in [0.717, 1.165) is 12.4 Å². The minimum Gasteiger partial charge on any atom is -0.330 e. The third-order valence-electron chi connectivity index (χ3n) is 1.88. The van der Waals surface area contributed by atoms with Gasteiger partial charge in [-0.25, -0.2) is 4.98 Å². The van der Waals surface area contributed by atoms with Gasteiger partial charge in [0.2, 0.25) is 0 Å². The molecule has 0 saturated carbocycles. The monoisotopic (exact) mass is 256 g/mol. The average molecular weight is 257 g/mol. The second-order valence-corrected chi connectivity index (χ2v) is 5.36. The van der Waals surface area contributed by atoms with E-state index in [1.54, 1.807) is 11.3 Å². The molecule has 2 aromatic heterocycles. The van der Waals surface area contributed by atoms with Crippen LogP contribution in [0, 0.1) is 6.92 Å². The molecule has 4 heteroatoms. The average Bonchev–Trinajstić information content (AvgIpc) is 2.64. The van der Waals surface area contributed by atoms with Gasteiger partial charge in [-0.05, 0) is 35.0 Å². The molecule has 0 amide bonds. The third kappa shape index (κ3) is 2.00. The van der Waals surface area contributed by atoms with Crippen molar-refractivity contribution >= 4 is 27.3 Å². The predicted molar refractivity (Wildman–Crippen MR) is 58.1 cm³/mol. The van der Waals surface area contributed by atoms with Crippen molar-refractivity contribution in [2.75, 3.05) is 0 Å². The number of aromatic nitrogens is 2. The summed E-state index contributed by atoms with van der Waals surface area (Å²) in [6, 6.07) is 4.21. The predicted octanol–water partition coefficient (Wildman–Crippen LogP) is 3.06. The maximum Gasteiger partial charge on any atom is 0.105 e. The Morgan fingerprint density at radius 2 is 2.38 bits per heavy atom. The highest BCUT2D eigenvalue weighted by Gasteiger charge is 2.00. The van der Waals surface area contributed by atoms with Crippen molar-refractivity contribution in [2.24, 2.45) is 0 Å². The second-order valence-electron chi connectivity index (χ2n) is 2.81. The van der Waals surface area contributed by atoms with Gasteiger partial charge in [-0.2, -0.15) is 0 Å². The van der Waals surface area contributed by atoms with Crippen molar-refractivity contribution < 1.29 is 0 Å². The number of halogens is 1. The van der Waals surface area contributed by atoms with Gasteiger partial charge in [0.05, 0.1) is 10.3 Å². The molecular formula is C9H9BrN2S. The number of hydrogen-bond donors (Lipinski definition) is 0. The van der Waals surface area contributed by atoms with E-state index < -0.39 is 0 Å². The molecule has 0 aliphatic rings. The zero-order chi connectivity index (χ0) is 9.26. The first-order chi connectivity index (χ1) is 6.25. The van der Waals surface area contributed by atoms with Crippen molar-refractivity contribution in [1.82, 2.24) is 9.55 Å². The van der Waals surface area contributed by atoms with E-state index in [-0.39, 0.29) is 0 Å². The minimum atomic E-state index is 0.919. The number of nitrogens with zero attached hydrogens (tertiary/aromatic N) is 2. The Bertz CT molecular complexity index is 405. The van der Waals surface area contributed by atoms with Crippen LogP contribution in [0.4, 0.5) is 0 Å². The van der Waals surface area contributed by atoms with Gasteiger partial charge in [0.25, 0.3) is 0 Å². The molecule has 0 radical (unpaired) electrons. The summed E-state index contributed by atoms with van der Waals surface area (Å²) in [6.07, 6.45) is 3.83. The fourth-order valence-corrected chi connectivity index (χ4v) is 2.66. The van der Waals surface area contributed by atoms with Gasteiger partial charge < -0.3 is 4.57 Å². The van der Waals surface area contributed by atoms with Crippen LogP contribution in [0.3, 0.4) is 0 Å². The van der Waals surface area contributed by atoms with E-state index in [1.165, 1.54) is 8.66 Å². The molecular weight excluding hydrogens is 248 g/mol. The molecule has 13 heavy (non-hydrogen) atoms. The van der Waals surface area contributed by atoms with Gasteiger partial charge in [-0.1, -0.05) is 0 Å². The zero-order valence-electron chi connectivity index (χ0n) is 7.20. The van der Waals surface area contributed by atoms with Crippen LogP contribution < -0.4 is 0 Å². The summed E-state index contributed by atoms with van der Waals surface area (Å²) in [4.78, 5) is 5.52. The van der Waals surface area contributed by atoms with Gasteiger partial charge in [-0.3, -0.25) is 0 Å². The van der Waals surface area contributed by atoms with Crippen LogP contribution in [0.25, 0.3) is 0 Å². The Kier molecular flexibility index (Phi) is 2.51. The summed E-state index contributed by atoms with van der Waals surface area (Å²) in [5.41, 5.74) is 0. The van der Waals surface area contributed by atoms with E-state index in [1.807, 2.05) is 19.3 Å². The summed E-state index contributed by atoms with van der Waals surface area (Å²) in [7, 11) is 0. The molecule has 2 rings (SSSR count). The van der Waals surface area contributed by atoms with E-state index >= 15 is 0 Å². The molecule has 0 bridgehead atoms. The smallest absolute Gasteiger partial charge is 0.105 e. The summed E-state index contributed by atoms with van der Waals surface area (Å²) in [5.74, 6) is 1.06. The van der Waals surface area contributed by atoms with Crippen molar-refractivity contribution in [3.8, 4) is 0 Å². The third-order valence-corrected chi connectivity index (χ3v) is 3.49. The van der Waals surface area contributed by atoms with Crippen LogP contribution in [0.2, 0.25) is 0 Å². The lowest BCUT2D eigenvalue weighted by molar-refractivity contribution is 0.772. The molecule has 2 aromatic rings. The van der Waals surface area contributed by atoms with Gasteiger partial charge >= 0.3 is 0 Å². The zero-order valence-corrected chi connectivity index (χ0v) is 9.60. The van der Waals surface area contributed by atoms with Crippen LogP contribution in [0.1, 0.15) is 10.7 Å². The van der Waals surface area contributed by atoms with Crippen molar-refractivity contribution in [2.45, 2.75) is 13.5 Å². The van der Waals surface area contributed by atoms with Crippen LogP contribution in [-0.2, 0) is 6.54 Å². The molecule has 0 saturated heterocycles. The van der Waals surface area contributed by atoms with E-state index in [4.69, 9.17) is 0 Å². The van der Waals surface area contributed by atoms with Gasteiger partial charge in [0.15, 0.2) is 0 Å². The van der Waals surface area contributed by atoms with Crippen molar-refractivity contribution in [1.29, 1.82) is 0 Å². The topological polar surface area (TPSA) is 17.8 Å². The molecule has 0 aliphatic carbocycles. The van der Waals surface area contributed by atoms with Crippen molar-refractivity contribution in [3.05, 3.63) is 39.0 Å². The Hall–Kier alpha value is -0.610. The highest BCUT2D eigenvalue weighted by molar-refractivity contribution is 9.11. The lowest BCUT2D eigenvalue weighted by atomic mass is 10.4. The first-order valence-electron chi connectivity index (χ1n) is 3.97. The summed E-state index contributed by atoms with van der Waals surface area (Å²) < 4.78 is 3.32. The number of imidazole rings is 1. The first-order valence-corrected chi connectivity index (χ1v) is 5.58. The highest BCUT2D eigenvalue weighted by atomic mass is 79.9. The molecule has 0 fully saturated rings. The standard InChI is InChI=1S/C9H9BrN2S/c1-7-11-4-5-12(7)6-8-2-3-9(10)13-8/h2-5H,6H2,1H3. The SMILES string of the molecule is Cc1nccn1Cc1ccc(Br)s1. The van der Waals surface area contributed by atoms with Crippen LogP contribution >= 0.6 is 27.3 Å². The van der Waals surface area contributed by atoms with Crippen LogP contribution in [0.5, 0.6) is 0 Å². The maximum absolute atomic E-state index is 4.18. The van der Waals surface area contributed by atoms with Crippen LogP contribution in [-0.4, -0.2) is 9.55 Å². The Morgan fingerprint density at radius 3 is 2.92 bits per heavy atom. The quantitative estimate of drug-likeness (QED) is 0.808. The second kappa shape index (κ2) is 3.64. The lowest BCUT2D eigenvalue weighted by Gasteiger charge is -2.01. The molecule has 2 nitrogen and oxygen atoms in total. The molecule has 0 N–H and O–H groups in total. The van der Waals surface area contributed by atoms with Gasteiger partial charge in [0, 0.05) is 17.3 Å². The van der Waals surface area contributed by atoms with Crippen molar-refractivity contribution in [3.63, 3.8) is 0 Å². The summed E-state index contributed by atoms with van der Waals surface area (Å²) in [6.45, 7) is 2.94. The molecule has 0 aromatic carbocycles. The maximum atomic E-state index is 4.18. The summed E-state index contributed by atoms with van der Waals surface area (Å²) >= 11 is 5.21. The van der Waals surface area contributed by atoms with Crippen LogP contribution in [0.15, 0.2) is 28.3 Å². The molecule has 0 unspecified atom stereocenters. The van der Waals surface area contributed by atoms with E-state index in [0.29, 0.717) is 0 Å². The number of aryl methyl sites for hydroxylation is 1. The van der Waals surface area contributed by atoms with E-state index in [2.05, 4.69) is 37.6 Å². The molecule has 2 heterocycles. The number of thiophene rings is 1. The first kappa shape index (κ1) is 8.97. The summed E-state index contributed by atoms with van der Waals surface area (Å²) in [5, 5.41) is 0. The van der Waals surface area contributed by atoms with Gasteiger partial charge in [-0.15, -0.1) is 11.3 Å². The normalized spacial score (nSPS) is 10.6. The number of rotatable bonds is 2. The fourth-order valence-electron chi connectivity index (χ4n) is 1.18. The molecule has 0 aliphatic heterocycles. The Labute approximate surface area is 89.4 Å². The van der Waals surface area contributed by atoms with E-state index in [9.17, 15) is 0 Å². The largest absolute Gasteiger partial charge is 0.330 e. The minimum absolute atomic E-state index is 0.919. The molecule has 0 spiro atoms. The Morgan fingerprint density at radius 1 is 1.54 bits per heavy atom.